The largest absolute Gasteiger partial charge is 0.381 e. The maximum Gasteiger partial charge on any atom is 0.191 e. The highest BCUT2D eigenvalue weighted by Crippen LogP contribution is 2.26. The fourth-order valence-electron chi connectivity index (χ4n) is 3.31. The van der Waals surface area contributed by atoms with Crippen molar-refractivity contribution in [1.82, 2.24) is 15.5 Å². The van der Waals surface area contributed by atoms with Crippen molar-refractivity contribution in [1.29, 1.82) is 0 Å². The molecular formula is C16H32N4O. The second kappa shape index (κ2) is 7.99. The van der Waals surface area contributed by atoms with Crippen LogP contribution >= 0.6 is 0 Å². The number of nitrogens with one attached hydrogen (secondary N) is 2. The van der Waals surface area contributed by atoms with Crippen LogP contribution in [0.5, 0.6) is 0 Å². The van der Waals surface area contributed by atoms with Gasteiger partial charge in [-0.15, -0.1) is 0 Å². The number of ether oxygens (including phenoxy) is 1. The Bertz CT molecular complexity index is 331. The molecule has 0 atom stereocenters. The summed E-state index contributed by atoms with van der Waals surface area (Å²) in [5, 5.41) is 7.00. The Balaban J connectivity index is 1.98. The summed E-state index contributed by atoms with van der Waals surface area (Å²) in [6.07, 6.45) is 7.36. The van der Waals surface area contributed by atoms with Crippen molar-refractivity contribution in [2.75, 3.05) is 40.4 Å². The molecule has 1 heterocycles. The molecule has 0 unspecified atom stereocenters. The molecule has 1 saturated heterocycles. The van der Waals surface area contributed by atoms with E-state index in [0.29, 0.717) is 6.04 Å². The van der Waals surface area contributed by atoms with Gasteiger partial charge in [0.15, 0.2) is 5.96 Å². The Hall–Kier alpha value is -0.810. The van der Waals surface area contributed by atoms with Crippen LogP contribution in [0.1, 0.15) is 45.4 Å². The van der Waals surface area contributed by atoms with Gasteiger partial charge in [0.25, 0.3) is 0 Å². The number of aliphatic imine (C=N–C) groups is 1. The number of likely N-dealkylation sites (N-methyl/N-ethyl adjacent to an activating group) is 1. The van der Waals surface area contributed by atoms with E-state index in [4.69, 9.17) is 9.73 Å². The lowest BCUT2D eigenvalue weighted by atomic mass is 9.89. The first-order valence-corrected chi connectivity index (χ1v) is 8.46. The zero-order chi connectivity index (χ0) is 15.1. The molecule has 2 aliphatic rings. The maximum atomic E-state index is 5.53. The number of rotatable bonds is 5. The van der Waals surface area contributed by atoms with E-state index in [-0.39, 0.29) is 5.54 Å². The Labute approximate surface area is 129 Å². The van der Waals surface area contributed by atoms with E-state index in [1.54, 1.807) is 0 Å². The first-order valence-electron chi connectivity index (χ1n) is 8.46. The molecule has 0 radical (unpaired) electrons. The summed E-state index contributed by atoms with van der Waals surface area (Å²) in [4.78, 5) is 7.22. The molecule has 21 heavy (non-hydrogen) atoms. The molecule has 0 spiro atoms. The minimum absolute atomic E-state index is 0.149. The fourth-order valence-corrected chi connectivity index (χ4v) is 3.31. The van der Waals surface area contributed by atoms with Gasteiger partial charge >= 0.3 is 0 Å². The van der Waals surface area contributed by atoms with Gasteiger partial charge in [0, 0.05) is 31.3 Å². The lowest BCUT2D eigenvalue weighted by Crippen LogP contribution is -2.52. The summed E-state index contributed by atoms with van der Waals surface area (Å²) in [6.45, 7) is 5.57. The lowest BCUT2D eigenvalue weighted by molar-refractivity contribution is -0.00255. The molecule has 2 fully saturated rings. The summed E-state index contributed by atoms with van der Waals surface area (Å²) in [5.41, 5.74) is 0.149. The summed E-state index contributed by atoms with van der Waals surface area (Å²) >= 11 is 0. The molecule has 1 aliphatic carbocycles. The molecule has 1 saturated carbocycles. The number of hydrogen-bond acceptors (Lipinski definition) is 3. The monoisotopic (exact) mass is 296 g/mol. The van der Waals surface area contributed by atoms with Gasteiger partial charge in [0.2, 0.25) is 0 Å². The molecule has 122 valence electrons. The van der Waals surface area contributed by atoms with Crippen LogP contribution < -0.4 is 10.6 Å². The summed E-state index contributed by atoms with van der Waals surface area (Å²) < 4.78 is 5.53. The average molecular weight is 296 g/mol. The van der Waals surface area contributed by atoms with Crippen LogP contribution in [0.4, 0.5) is 0 Å². The lowest BCUT2D eigenvalue weighted by Gasteiger charge is -2.41. The van der Waals surface area contributed by atoms with E-state index in [1.807, 2.05) is 0 Å². The topological polar surface area (TPSA) is 48.9 Å². The van der Waals surface area contributed by atoms with Gasteiger partial charge in [-0.05, 0) is 46.7 Å². The van der Waals surface area contributed by atoms with Crippen molar-refractivity contribution in [2.45, 2.75) is 57.0 Å². The van der Waals surface area contributed by atoms with Crippen LogP contribution in [0, 0.1) is 0 Å². The molecule has 0 aromatic carbocycles. The van der Waals surface area contributed by atoms with Crippen LogP contribution in [0.25, 0.3) is 0 Å². The van der Waals surface area contributed by atoms with Gasteiger partial charge in [-0.2, -0.15) is 0 Å². The third-order valence-electron chi connectivity index (χ3n) is 4.94. The van der Waals surface area contributed by atoms with Crippen molar-refractivity contribution < 1.29 is 4.74 Å². The van der Waals surface area contributed by atoms with Gasteiger partial charge in [0.1, 0.15) is 0 Å². The Morgan fingerprint density at radius 2 is 1.90 bits per heavy atom. The first-order chi connectivity index (χ1) is 10.2. The van der Waals surface area contributed by atoms with Crippen LogP contribution in [0.2, 0.25) is 0 Å². The minimum atomic E-state index is 0.149. The molecule has 0 aromatic rings. The highest BCUT2D eigenvalue weighted by molar-refractivity contribution is 5.80. The van der Waals surface area contributed by atoms with Crippen LogP contribution in [-0.2, 0) is 4.74 Å². The normalized spacial score (nSPS) is 23.5. The van der Waals surface area contributed by atoms with Gasteiger partial charge in [0.05, 0.1) is 6.54 Å². The summed E-state index contributed by atoms with van der Waals surface area (Å²) in [7, 11) is 4.33. The first kappa shape index (κ1) is 16.6. The van der Waals surface area contributed by atoms with E-state index in [0.717, 1.165) is 45.1 Å². The maximum absolute atomic E-state index is 5.53. The van der Waals surface area contributed by atoms with E-state index >= 15 is 0 Å². The fraction of sp³-hybridized carbons (Fsp3) is 0.938. The zero-order valence-electron chi connectivity index (χ0n) is 14.0. The molecule has 5 nitrogen and oxygen atoms in total. The van der Waals surface area contributed by atoms with E-state index in [1.165, 1.54) is 25.7 Å². The number of guanidine groups is 1. The quantitative estimate of drug-likeness (QED) is 0.597. The number of hydrogen-bond donors (Lipinski definition) is 2. The second-order valence-corrected chi connectivity index (χ2v) is 6.55. The zero-order valence-corrected chi connectivity index (χ0v) is 14.0. The summed E-state index contributed by atoms with van der Waals surface area (Å²) in [6, 6.07) is 0.604. The van der Waals surface area contributed by atoms with Crippen molar-refractivity contribution in [3.05, 3.63) is 0 Å². The number of nitrogens with zero attached hydrogens (tertiary/aromatic N) is 2. The van der Waals surface area contributed by atoms with Gasteiger partial charge in [-0.25, -0.2) is 0 Å². The van der Waals surface area contributed by atoms with Crippen molar-refractivity contribution >= 4 is 5.96 Å². The standard InChI is InChI=1S/C16H32N4O/c1-4-17-15(19-14-7-5-6-8-14)18-13-16(20(2)3)9-11-21-12-10-16/h14H,4-13H2,1-3H3,(H2,17,18,19). The molecule has 0 bridgehead atoms. The average Bonchev–Trinajstić information content (AvgIpc) is 2.99. The van der Waals surface area contributed by atoms with Crippen molar-refractivity contribution in [2.24, 2.45) is 4.99 Å². The van der Waals surface area contributed by atoms with Gasteiger partial charge in [-0.3, -0.25) is 4.99 Å². The highest BCUT2D eigenvalue weighted by Gasteiger charge is 2.34. The molecule has 5 heteroatoms. The molecule has 2 N–H and O–H groups in total. The van der Waals surface area contributed by atoms with Crippen LogP contribution in [0.15, 0.2) is 4.99 Å². The Morgan fingerprint density at radius 3 is 2.48 bits per heavy atom. The molecule has 0 aromatic heterocycles. The van der Waals surface area contributed by atoms with E-state index in [2.05, 4.69) is 36.6 Å². The molecule has 2 rings (SSSR count). The Kier molecular flexibility index (Phi) is 6.30. The third kappa shape index (κ3) is 4.58. The summed E-state index contributed by atoms with van der Waals surface area (Å²) in [5.74, 6) is 0.983. The molecule has 1 aliphatic heterocycles. The minimum Gasteiger partial charge on any atom is -0.381 e. The predicted molar refractivity (Wildman–Crippen MR) is 87.8 cm³/mol. The van der Waals surface area contributed by atoms with Gasteiger partial charge < -0.3 is 20.3 Å². The smallest absolute Gasteiger partial charge is 0.191 e. The van der Waals surface area contributed by atoms with E-state index in [9.17, 15) is 0 Å². The van der Waals surface area contributed by atoms with Crippen molar-refractivity contribution in [3.8, 4) is 0 Å². The van der Waals surface area contributed by atoms with Crippen LogP contribution in [0.3, 0.4) is 0 Å². The SMILES string of the molecule is CCNC(=NCC1(N(C)C)CCOCC1)NC1CCCC1. The third-order valence-corrected chi connectivity index (χ3v) is 4.94. The second-order valence-electron chi connectivity index (χ2n) is 6.55. The molecule has 0 amide bonds. The van der Waals surface area contributed by atoms with E-state index < -0.39 is 0 Å². The molecular weight excluding hydrogens is 264 g/mol. The van der Waals surface area contributed by atoms with Crippen LogP contribution in [-0.4, -0.2) is 62.8 Å². The highest BCUT2D eigenvalue weighted by atomic mass is 16.5. The van der Waals surface area contributed by atoms with Crippen molar-refractivity contribution in [3.63, 3.8) is 0 Å². The predicted octanol–water partition coefficient (Wildman–Crippen LogP) is 1.59. The van der Waals surface area contributed by atoms with Gasteiger partial charge in [-0.1, -0.05) is 12.8 Å². The Morgan fingerprint density at radius 1 is 1.24 bits per heavy atom.